The van der Waals surface area contributed by atoms with Crippen molar-refractivity contribution >= 4 is 27.3 Å². The third-order valence-corrected chi connectivity index (χ3v) is 4.22. The van der Waals surface area contributed by atoms with Crippen molar-refractivity contribution in [1.82, 2.24) is 20.3 Å². The van der Waals surface area contributed by atoms with Crippen LogP contribution in [0.15, 0.2) is 22.1 Å². The average molecular weight is 316 g/mol. The van der Waals surface area contributed by atoms with Crippen molar-refractivity contribution in [1.29, 1.82) is 0 Å². The van der Waals surface area contributed by atoms with Crippen molar-refractivity contribution in [3.63, 3.8) is 0 Å². The largest absolute Gasteiger partial charge is 0.325 e. The molecule has 7 heteroatoms. The first-order chi connectivity index (χ1) is 8.29. The molecule has 0 saturated carbocycles. The van der Waals surface area contributed by atoms with E-state index in [4.69, 9.17) is 5.73 Å². The highest BCUT2D eigenvalue weighted by Gasteiger charge is 2.01. The zero-order valence-corrected chi connectivity index (χ0v) is 11.7. The number of halogens is 1. The highest BCUT2D eigenvalue weighted by molar-refractivity contribution is 9.10. The summed E-state index contributed by atoms with van der Waals surface area (Å²) in [6, 6.07) is 2.06. The number of rotatable bonds is 6. The summed E-state index contributed by atoms with van der Waals surface area (Å²) in [4.78, 5) is 1.31. The van der Waals surface area contributed by atoms with Gasteiger partial charge in [0.25, 0.3) is 0 Å². The minimum absolute atomic E-state index is 0.440. The Morgan fingerprint density at radius 2 is 2.41 bits per heavy atom. The minimum Gasteiger partial charge on any atom is -0.325 e. The summed E-state index contributed by atoms with van der Waals surface area (Å²) < 4.78 is 2.97. The Hall–Kier alpha value is -0.760. The molecule has 0 fully saturated rings. The topological polar surface area (TPSA) is 68.8 Å². The fourth-order valence-corrected chi connectivity index (χ4v) is 2.85. The molecule has 3 N–H and O–H groups in total. The lowest BCUT2D eigenvalue weighted by molar-refractivity contribution is 0.541. The minimum atomic E-state index is 0.440. The normalized spacial score (nSPS) is 10.9. The number of nitrogens with zero attached hydrogens (tertiary/aromatic N) is 3. The predicted molar refractivity (Wildman–Crippen MR) is 71.6 cm³/mol. The van der Waals surface area contributed by atoms with Gasteiger partial charge in [0.2, 0.25) is 0 Å². The van der Waals surface area contributed by atoms with Crippen LogP contribution in [0.4, 0.5) is 0 Å². The summed E-state index contributed by atoms with van der Waals surface area (Å²) in [6.07, 6.45) is 1.88. The molecule has 92 valence electrons. The molecule has 0 aliphatic carbocycles. The highest BCUT2D eigenvalue weighted by Crippen LogP contribution is 2.21. The van der Waals surface area contributed by atoms with Gasteiger partial charge >= 0.3 is 0 Å². The van der Waals surface area contributed by atoms with E-state index in [2.05, 4.69) is 43.0 Å². The van der Waals surface area contributed by atoms with Crippen LogP contribution in [0.1, 0.15) is 10.6 Å². The van der Waals surface area contributed by atoms with Crippen molar-refractivity contribution < 1.29 is 0 Å². The van der Waals surface area contributed by atoms with E-state index in [-0.39, 0.29) is 0 Å². The molecule has 0 spiro atoms. The second kappa shape index (κ2) is 6.25. The molecular weight excluding hydrogens is 302 g/mol. The van der Waals surface area contributed by atoms with Gasteiger partial charge in [0.15, 0.2) is 0 Å². The Balaban J connectivity index is 1.71. The lowest BCUT2D eigenvalue weighted by atomic mass is 10.4. The first kappa shape index (κ1) is 12.7. The monoisotopic (exact) mass is 315 g/mol. The van der Waals surface area contributed by atoms with Crippen LogP contribution in [-0.4, -0.2) is 21.5 Å². The summed E-state index contributed by atoms with van der Waals surface area (Å²) in [6.45, 7) is 2.97. The smallest absolute Gasteiger partial charge is 0.0962 e. The van der Waals surface area contributed by atoms with E-state index in [1.54, 1.807) is 16.0 Å². The van der Waals surface area contributed by atoms with Gasteiger partial charge in [-0.2, -0.15) is 0 Å². The molecule has 2 rings (SSSR count). The Labute approximate surface area is 112 Å². The number of thiophene rings is 1. The van der Waals surface area contributed by atoms with Gasteiger partial charge in [-0.25, -0.2) is 0 Å². The molecular formula is C10H14BrN5S. The van der Waals surface area contributed by atoms with Crippen LogP contribution >= 0.6 is 27.3 Å². The molecule has 17 heavy (non-hydrogen) atoms. The van der Waals surface area contributed by atoms with E-state index >= 15 is 0 Å². The third-order valence-electron chi connectivity index (χ3n) is 2.29. The molecule has 0 bridgehead atoms. The molecule has 0 saturated heterocycles. The Kier molecular flexibility index (Phi) is 4.66. The Bertz CT molecular complexity index is 467. The van der Waals surface area contributed by atoms with Crippen LogP contribution in [0.5, 0.6) is 0 Å². The van der Waals surface area contributed by atoms with Crippen LogP contribution in [0.2, 0.25) is 0 Å². The van der Waals surface area contributed by atoms with Crippen LogP contribution < -0.4 is 11.1 Å². The van der Waals surface area contributed by atoms with Crippen molar-refractivity contribution in [2.75, 3.05) is 6.54 Å². The van der Waals surface area contributed by atoms with E-state index in [0.29, 0.717) is 6.54 Å². The van der Waals surface area contributed by atoms with E-state index in [1.807, 2.05) is 6.20 Å². The van der Waals surface area contributed by atoms with Crippen LogP contribution in [0.3, 0.4) is 0 Å². The van der Waals surface area contributed by atoms with Gasteiger partial charge in [-0.05, 0) is 27.4 Å². The molecule has 0 radical (unpaired) electrons. The quantitative estimate of drug-likeness (QED) is 0.790. The van der Waals surface area contributed by atoms with Crippen molar-refractivity contribution in [2.45, 2.75) is 19.6 Å². The van der Waals surface area contributed by atoms with Gasteiger partial charge < -0.3 is 11.1 Å². The summed E-state index contributed by atoms with van der Waals surface area (Å²) in [5.74, 6) is 0. The molecule has 0 atom stereocenters. The Morgan fingerprint density at radius 3 is 3.06 bits per heavy atom. The van der Waals surface area contributed by atoms with Gasteiger partial charge in [0.05, 0.1) is 12.2 Å². The Morgan fingerprint density at radius 1 is 1.53 bits per heavy atom. The second-order valence-corrected chi connectivity index (χ2v) is 5.40. The second-order valence-electron chi connectivity index (χ2n) is 3.55. The first-order valence-electron chi connectivity index (χ1n) is 5.31. The van der Waals surface area contributed by atoms with E-state index in [1.165, 1.54) is 9.35 Å². The van der Waals surface area contributed by atoms with Crippen molar-refractivity contribution in [3.8, 4) is 0 Å². The number of nitrogens with two attached hydrogens (primary N) is 1. The zero-order valence-electron chi connectivity index (χ0n) is 9.27. The van der Waals surface area contributed by atoms with Crippen molar-refractivity contribution in [2.24, 2.45) is 5.73 Å². The van der Waals surface area contributed by atoms with E-state index < -0.39 is 0 Å². The van der Waals surface area contributed by atoms with Crippen LogP contribution in [0.25, 0.3) is 0 Å². The summed E-state index contributed by atoms with van der Waals surface area (Å²) in [5.41, 5.74) is 6.29. The predicted octanol–water partition coefficient (Wildman–Crippen LogP) is 1.35. The molecule has 0 aromatic carbocycles. The molecule has 2 aromatic heterocycles. The van der Waals surface area contributed by atoms with E-state index in [0.717, 1.165) is 25.3 Å². The van der Waals surface area contributed by atoms with Gasteiger partial charge in [0.1, 0.15) is 0 Å². The number of nitrogens with one attached hydrogen (secondary N) is 1. The number of hydrogen-bond donors (Lipinski definition) is 2. The summed E-state index contributed by atoms with van der Waals surface area (Å²) >= 11 is 5.25. The molecule has 0 unspecified atom stereocenters. The average Bonchev–Trinajstić information content (AvgIpc) is 2.94. The SMILES string of the molecule is NCc1cn(CCNCc2sccc2Br)nn1. The van der Waals surface area contributed by atoms with Gasteiger partial charge in [-0.3, -0.25) is 4.68 Å². The van der Waals surface area contributed by atoms with Gasteiger partial charge in [0, 0.05) is 35.2 Å². The molecule has 5 nitrogen and oxygen atoms in total. The van der Waals surface area contributed by atoms with Gasteiger partial charge in [-0.1, -0.05) is 5.21 Å². The number of aromatic nitrogens is 3. The maximum Gasteiger partial charge on any atom is 0.0962 e. The van der Waals surface area contributed by atoms with E-state index in [9.17, 15) is 0 Å². The molecule has 2 heterocycles. The lowest BCUT2D eigenvalue weighted by Crippen LogP contribution is -2.19. The fourth-order valence-electron chi connectivity index (χ4n) is 1.39. The maximum atomic E-state index is 5.46. The molecule has 2 aromatic rings. The molecule has 0 amide bonds. The van der Waals surface area contributed by atoms with Crippen LogP contribution in [0, 0.1) is 0 Å². The highest BCUT2D eigenvalue weighted by atomic mass is 79.9. The summed E-state index contributed by atoms with van der Waals surface area (Å²) in [7, 11) is 0. The maximum absolute atomic E-state index is 5.46. The third kappa shape index (κ3) is 3.60. The lowest BCUT2D eigenvalue weighted by Gasteiger charge is -2.03. The van der Waals surface area contributed by atoms with Crippen molar-refractivity contribution in [3.05, 3.63) is 32.7 Å². The molecule has 0 aliphatic heterocycles. The van der Waals surface area contributed by atoms with Gasteiger partial charge in [-0.15, -0.1) is 16.4 Å². The zero-order chi connectivity index (χ0) is 12.1. The fraction of sp³-hybridized carbons (Fsp3) is 0.400. The summed E-state index contributed by atoms with van der Waals surface area (Å²) in [5, 5.41) is 13.4. The first-order valence-corrected chi connectivity index (χ1v) is 6.98. The number of hydrogen-bond acceptors (Lipinski definition) is 5. The molecule has 0 aliphatic rings. The van der Waals surface area contributed by atoms with Crippen LogP contribution in [-0.2, 0) is 19.6 Å². The standard InChI is InChI=1S/C10H14BrN5S/c11-9-1-4-17-10(9)6-13-2-3-16-7-8(5-12)14-15-16/h1,4,7,13H,2-3,5-6,12H2.